The average Bonchev–Trinajstić information content (AvgIpc) is 3.76. The van der Waals surface area contributed by atoms with Gasteiger partial charge in [0.25, 0.3) is 11.1 Å². The highest BCUT2D eigenvalue weighted by Crippen LogP contribution is 2.41. The minimum Gasteiger partial charge on any atom is -0.397 e. The van der Waals surface area contributed by atoms with E-state index in [0.717, 1.165) is 18.4 Å². The van der Waals surface area contributed by atoms with Crippen LogP contribution in [0.25, 0.3) is 27.6 Å². The fourth-order valence-corrected chi connectivity index (χ4v) is 4.78. The number of aliphatic hydroxyl groups excluding tert-OH is 1. The fourth-order valence-electron chi connectivity index (χ4n) is 4.78. The molecule has 0 unspecified atom stereocenters. The van der Waals surface area contributed by atoms with Gasteiger partial charge in [0, 0.05) is 23.5 Å². The van der Waals surface area contributed by atoms with E-state index in [4.69, 9.17) is 5.73 Å². The van der Waals surface area contributed by atoms with E-state index in [0.29, 0.717) is 45.2 Å². The smallest absolute Gasteiger partial charge is 0.271 e. The topological polar surface area (TPSA) is 126 Å². The van der Waals surface area contributed by atoms with E-state index >= 15 is 4.39 Å². The molecule has 5 N–H and O–H groups in total. The lowest BCUT2D eigenvalue weighted by Gasteiger charge is -2.16. The number of anilines is 3. The number of pyridine rings is 3. The highest BCUT2D eigenvalue weighted by molar-refractivity contribution is 5.84. The second kappa shape index (κ2) is 9.28. The molecule has 1 fully saturated rings. The number of hydrogen-bond donors (Lipinski definition) is 4. The van der Waals surface area contributed by atoms with Gasteiger partial charge in [-0.2, -0.15) is 0 Å². The van der Waals surface area contributed by atoms with Gasteiger partial charge >= 0.3 is 0 Å². The Labute approximate surface area is 216 Å². The highest BCUT2D eigenvalue weighted by Gasteiger charge is 2.25. The number of nitrogens with one attached hydrogen (secondary N) is 2. The molecule has 8 nitrogen and oxygen atoms in total. The Morgan fingerprint density at radius 2 is 1.97 bits per heavy atom. The van der Waals surface area contributed by atoms with Gasteiger partial charge in [-0.3, -0.25) is 14.2 Å². The Balaban J connectivity index is 1.44. The first-order chi connectivity index (χ1) is 18.4. The molecule has 3 heterocycles. The molecule has 0 aliphatic heterocycles. The molecule has 9 heteroatoms. The van der Waals surface area contributed by atoms with Gasteiger partial charge < -0.3 is 21.1 Å². The molecule has 0 atom stereocenters. The van der Waals surface area contributed by atoms with Gasteiger partial charge in [0.05, 0.1) is 29.6 Å². The number of halogens is 1. The first-order valence-electron chi connectivity index (χ1n) is 12.2. The maximum absolute atomic E-state index is 15.1. The average molecular weight is 510 g/mol. The normalized spacial score (nSPS) is 13.1. The number of fused-ring (bicyclic) bond motifs is 1. The molecule has 1 aliphatic rings. The number of aromatic amines is 1. The monoisotopic (exact) mass is 509 g/mol. The van der Waals surface area contributed by atoms with Gasteiger partial charge in [-0.15, -0.1) is 0 Å². The first-order valence-corrected chi connectivity index (χ1v) is 12.2. The third kappa shape index (κ3) is 4.22. The predicted octanol–water partition coefficient (Wildman–Crippen LogP) is 4.58. The molecule has 0 spiro atoms. The number of nitrogen functional groups attached to an aromatic ring is 1. The van der Waals surface area contributed by atoms with Crippen LogP contribution in [0, 0.1) is 5.82 Å². The zero-order chi connectivity index (χ0) is 26.4. The lowest BCUT2D eigenvalue weighted by molar-refractivity contribution is 0.282. The zero-order valence-corrected chi connectivity index (χ0v) is 20.2. The summed E-state index contributed by atoms with van der Waals surface area (Å²) in [4.78, 5) is 32.8. The largest absolute Gasteiger partial charge is 0.397 e. The van der Waals surface area contributed by atoms with Crippen LogP contribution < -0.4 is 22.2 Å². The van der Waals surface area contributed by atoms with Gasteiger partial charge in [-0.1, -0.05) is 18.2 Å². The van der Waals surface area contributed by atoms with E-state index in [9.17, 15) is 14.7 Å². The molecular weight excluding hydrogens is 485 g/mol. The molecule has 1 saturated carbocycles. The van der Waals surface area contributed by atoms with Gasteiger partial charge in [0.15, 0.2) is 0 Å². The van der Waals surface area contributed by atoms with Crippen LogP contribution in [0.4, 0.5) is 21.6 Å². The number of aliphatic hydroxyl groups is 1. The summed E-state index contributed by atoms with van der Waals surface area (Å²) in [6, 6.07) is 15.2. The van der Waals surface area contributed by atoms with Crippen molar-refractivity contribution in [2.75, 3.05) is 11.1 Å². The number of H-pyrrole nitrogens is 1. The molecule has 190 valence electrons. The lowest BCUT2D eigenvalue weighted by Crippen LogP contribution is -2.20. The van der Waals surface area contributed by atoms with Crippen molar-refractivity contribution in [3.8, 4) is 16.8 Å². The minimum atomic E-state index is -0.543. The van der Waals surface area contributed by atoms with E-state index in [1.54, 1.807) is 48.7 Å². The number of aromatic nitrogens is 3. The van der Waals surface area contributed by atoms with Crippen LogP contribution in [-0.4, -0.2) is 19.6 Å². The highest BCUT2D eigenvalue weighted by atomic mass is 19.1. The number of rotatable bonds is 6. The summed E-state index contributed by atoms with van der Waals surface area (Å²) in [6.45, 7) is -0.388. The number of benzene rings is 2. The lowest BCUT2D eigenvalue weighted by atomic mass is 9.99. The molecule has 2 aromatic carbocycles. The molecule has 0 bridgehead atoms. The third-order valence-corrected chi connectivity index (χ3v) is 6.86. The van der Waals surface area contributed by atoms with Crippen LogP contribution in [0.3, 0.4) is 0 Å². The van der Waals surface area contributed by atoms with Crippen molar-refractivity contribution in [2.45, 2.75) is 25.4 Å². The Kier molecular flexibility index (Phi) is 5.77. The quantitative estimate of drug-likeness (QED) is 0.266. The maximum atomic E-state index is 15.1. The van der Waals surface area contributed by atoms with Gasteiger partial charge in [0.2, 0.25) is 0 Å². The van der Waals surface area contributed by atoms with Crippen LogP contribution in [0.5, 0.6) is 0 Å². The molecule has 0 radical (unpaired) electrons. The van der Waals surface area contributed by atoms with Crippen LogP contribution in [0.15, 0.2) is 82.8 Å². The van der Waals surface area contributed by atoms with Crippen molar-refractivity contribution in [2.24, 2.45) is 0 Å². The molecule has 38 heavy (non-hydrogen) atoms. The Hall–Kier alpha value is -4.76. The Bertz CT molecular complexity index is 1810. The number of nitrogens with zero attached hydrogens (tertiary/aromatic N) is 2. The van der Waals surface area contributed by atoms with Crippen LogP contribution >= 0.6 is 0 Å². The number of hydrogen-bond acceptors (Lipinski definition) is 6. The molecule has 3 aromatic heterocycles. The summed E-state index contributed by atoms with van der Waals surface area (Å²) in [6.07, 6.45) is 6.68. The third-order valence-electron chi connectivity index (χ3n) is 6.86. The summed E-state index contributed by atoms with van der Waals surface area (Å²) in [7, 11) is 0. The Morgan fingerprint density at radius 3 is 2.71 bits per heavy atom. The second-order valence-electron chi connectivity index (χ2n) is 9.43. The van der Waals surface area contributed by atoms with E-state index < -0.39 is 11.4 Å². The summed E-state index contributed by atoms with van der Waals surface area (Å²) in [5.41, 5.74) is 8.55. The van der Waals surface area contributed by atoms with Crippen LogP contribution in [-0.2, 0) is 6.61 Å². The summed E-state index contributed by atoms with van der Waals surface area (Å²) in [5, 5.41) is 13.9. The second-order valence-corrected chi connectivity index (χ2v) is 9.43. The van der Waals surface area contributed by atoms with Gasteiger partial charge in [0.1, 0.15) is 17.3 Å². The van der Waals surface area contributed by atoms with E-state index in [2.05, 4.69) is 15.3 Å². The zero-order valence-electron chi connectivity index (χ0n) is 20.2. The van der Waals surface area contributed by atoms with E-state index in [1.165, 1.54) is 23.0 Å². The summed E-state index contributed by atoms with van der Waals surface area (Å²) < 4.78 is 16.4. The molecule has 0 amide bonds. The van der Waals surface area contributed by atoms with E-state index in [1.807, 2.05) is 6.07 Å². The van der Waals surface area contributed by atoms with Crippen LogP contribution in [0.2, 0.25) is 0 Å². The minimum absolute atomic E-state index is 0.0118. The molecule has 1 aliphatic carbocycles. The fraction of sp³-hybridized carbons (Fsp3) is 0.138. The van der Waals surface area contributed by atoms with Crippen molar-refractivity contribution in [3.63, 3.8) is 0 Å². The molecule has 6 rings (SSSR count). The van der Waals surface area contributed by atoms with Crippen molar-refractivity contribution in [1.29, 1.82) is 0 Å². The van der Waals surface area contributed by atoms with Gasteiger partial charge in [-0.25, -0.2) is 9.37 Å². The van der Waals surface area contributed by atoms with Gasteiger partial charge in [-0.05, 0) is 71.7 Å². The standard InChI is InChI=1S/C29H24FN5O3/c30-23-11-18(16-4-5-16)10-17-8-9-35(29(38)27(17)23)25-3-1-2-21(22(25)15-36)19-12-24(28(37)33-13-19)34-26-7-6-20(31)14-32-26/h1-3,6-14,16,36H,4-5,15,31H2,(H,32,34)(H,33,37). The van der Waals surface area contributed by atoms with Crippen molar-refractivity contribution in [1.82, 2.24) is 14.5 Å². The van der Waals surface area contributed by atoms with Crippen LogP contribution in [0.1, 0.15) is 29.9 Å². The predicted molar refractivity (Wildman–Crippen MR) is 145 cm³/mol. The Morgan fingerprint density at radius 1 is 1.13 bits per heavy atom. The van der Waals surface area contributed by atoms with Crippen molar-refractivity contribution < 1.29 is 9.50 Å². The van der Waals surface area contributed by atoms with Crippen molar-refractivity contribution >= 4 is 28.0 Å². The maximum Gasteiger partial charge on any atom is 0.271 e. The summed E-state index contributed by atoms with van der Waals surface area (Å²) >= 11 is 0. The number of nitrogens with two attached hydrogens (primary N) is 1. The summed E-state index contributed by atoms with van der Waals surface area (Å²) in [5.74, 6) is 0.257. The van der Waals surface area contributed by atoms with Crippen molar-refractivity contribution in [3.05, 3.63) is 111 Å². The first kappa shape index (κ1) is 23.6. The van der Waals surface area contributed by atoms with E-state index in [-0.39, 0.29) is 23.2 Å². The molecular formula is C29H24FN5O3. The molecule has 0 saturated heterocycles. The molecule has 5 aromatic rings. The SMILES string of the molecule is Nc1ccc(Nc2cc(-c3cccc(-n4ccc5cc(C6CC6)cc(F)c5c4=O)c3CO)c[nH]c2=O)nc1.